The van der Waals surface area contributed by atoms with E-state index in [-0.39, 0.29) is 42.7 Å². The Balaban J connectivity index is 1.32. The maximum absolute atomic E-state index is 13.4. The number of thioether (sulfide) groups is 1. The molecule has 0 aliphatic carbocycles. The summed E-state index contributed by atoms with van der Waals surface area (Å²) in [5.41, 5.74) is 1.63. The molecule has 0 bridgehead atoms. The maximum Gasteiger partial charge on any atom is 0.243 e. The van der Waals surface area contributed by atoms with Crippen molar-refractivity contribution >= 4 is 38.7 Å². The van der Waals surface area contributed by atoms with E-state index in [1.807, 2.05) is 25.1 Å². The van der Waals surface area contributed by atoms with E-state index in [2.05, 4.69) is 9.97 Å². The van der Waals surface area contributed by atoms with Crippen LogP contribution in [0.25, 0.3) is 11.0 Å². The van der Waals surface area contributed by atoms with E-state index in [1.165, 1.54) is 34.3 Å². The number of ether oxygens (including phenoxy) is 1. The molecule has 170 valence electrons. The summed E-state index contributed by atoms with van der Waals surface area (Å²) in [5.74, 6) is 0.252. The van der Waals surface area contributed by atoms with E-state index in [0.717, 1.165) is 22.8 Å². The highest BCUT2D eigenvalue weighted by Crippen LogP contribution is 2.24. The van der Waals surface area contributed by atoms with Crippen molar-refractivity contribution in [2.45, 2.75) is 17.0 Å². The van der Waals surface area contributed by atoms with E-state index in [9.17, 15) is 17.6 Å². The van der Waals surface area contributed by atoms with Gasteiger partial charge < -0.3 is 14.6 Å². The molecule has 32 heavy (non-hydrogen) atoms. The van der Waals surface area contributed by atoms with E-state index in [4.69, 9.17) is 4.74 Å². The van der Waals surface area contributed by atoms with Gasteiger partial charge in [0.1, 0.15) is 11.6 Å². The van der Waals surface area contributed by atoms with Crippen LogP contribution in [0.3, 0.4) is 0 Å². The number of hydrogen-bond acceptors (Lipinski definition) is 6. The number of rotatable bonds is 7. The summed E-state index contributed by atoms with van der Waals surface area (Å²) in [5, 5.41) is 0.634. The van der Waals surface area contributed by atoms with E-state index < -0.39 is 15.8 Å². The van der Waals surface area contributed by atoms with Crippen molar-refractivity contribution in [1.82, 2.24) is 19.2 Å². The number of nitrogens with one attached hydrogen (secondary N) is 1. The normalized spacial score (nSPS) is 15.2. The summed E-state index contributed by atoms with van der Waals surface area (Å²) in [6.45, 7) is 3.39. The molecule has 2 aromatic carbocycles. The molecule has 1 aliphatic rings. The van der Waals surface area contributed by atoms with Crippen molar-refractivity contribution in [2.75, 3.05) is 38.5 Å². The van der Waals surface area contributed by atoms with Gasteiger partial charge in [-0.05, 0) is 37.3 Å². The number of sulfonamides is 1. The van der Waals surface area contributed by atoms with Crippen LogP contribution in [0.2, 0.25) is 0 Å². The van der Waals surface area contributed by atoms with Crippen LogP contribution in [0.4, 0.5) is 4.39 Å². The highest BCUT2D eigenvalue weighted by atomic mass is 32.2. The van der Waals surface area contributed by atoms with Crippen molar-refractivity contribution in [3.63, 3.8) is 0 Å². The van der Waals surface area contributed by atoms with Gasteiger partial charge in [-0.25, -0.2) is 17.8 Å². The number of carbonyl (C=O) groups is 1. The summed E-state index contributed by atoms with van der Waals surface area (Å²) in [6.07, 6.45) is 0. The molecule has 3 aromatic rings. The molecular formula is C21H23FN4O4S2. The molecule has 1 amide bonds. The fourth-order valence-electron chi connectivity index (χ4n) is 3.47. The SMILES string of the molecule is CCOc1ccc2nc(SCC(=O)N3CCN(S(=O)(=O)c4cccc(F)c4)CC3)[nH]c2c1. The van der Waals surface area contributed by atoms with Gasteiger partial charge in [0, 0.05) is 32.2 Å². The average molecular weight is 479 g/mol. The summed E-state index contributed by atoms with van der Waals surface area (Å²) in [4.78, 5) is 21.8. The molecule has 0 spiro atoms. The van der Waals surface area contributed by atoms with Crippen LogP contribution in [0.1, 0.15) is 6.92 Å². The molecule has 0 saturated carbocycles. The van der Waals surface area contributed by atoms with Crippen LogP contribution in [-0.2, 0) is 14.8 Å². The molecule has 0 atom stereocenters. The fraction of sp³-hybridized carbons (Fsp3) is 0.333. The van der Waals surface area contributed by atoms with Gasteiger partial charge in [-0.2, -0.15) is 4.31 Å². The van der Waals surface area contributed by atoms with Crippen LogP contribution < -0.4 is 4.74 Å². The minimum absolute atomic E-state index is 0.0785. The fourth-order valence-corrected chi connectivity index (χ4v) is 5.71. The number of H-pyrrole nitrogens is 1. The minimum Gasteiger partial charge on any atom is -0.494 e. The quantitative estimate of drug-likeness (QED) is 0.525. The predicted molar refractivity (Wildman–Crippen MR) is 120 cm³/mol. The van der Waals surface area contributed by atoms with Crippen molar-refractivity contribution in [2.24, 2.45) is 0 Å². The topological polar surface area (TPSA) is 95.6 Å². The van der Waals surface area contributed by atoms with Gasteiger partial charge in [-0.3, -0.25) is 4.79 Å². The Kier molecular flexibility index (Phi) is 6.68. The Morgan fingerprint density at radius 2 is 1.97 bits per heavy atom. The van der Waals surface area contributed by atoms with Gasteiger partial charge in [-0.15, -0.1) is 0 Å². The Bertz CT molecular complexity index is 1220. The number of imidazole rings is 1. The first-order chi connectivity index (χ1) is 15.4. The lowest BCUT2D eigenvalue weighted by Gasteiger charge is -2.34. The second kappa shape index (κ2) is 9.47. The number of carbonyl (C=O) groups excluding carboxylic acids is 1. The van der Waals surface area contributed by atoms with E-state index in [0.29, 0.717) is 11.8 Å². The summed E-state index contributed by atoms with van der Waals surface area (Å²) in [6, 6.07) is 10.5. The third-order valence-electron chi connectivity index (χ3n) is 5.10. The Labute approximate surface area is 189 Å². The number of amides is 1. The first kappa shape index (κ1) is 22.6. The lowest BCUT2D eigenvalue weighted by atomic mass is 10.3. The molecule has 0 radical (unpaired) electrons. The van der Waals surface area contributed by atoms with E-state index >= 15 is 0 Å². The van der Waals surface area contributed by atoms with Crippen LogP contribution in [0, 0.1) is 5.82 Å². The molecular weight excluding hydrogens is 455 g/mol. The van der Waals surface area contributed by atoms with Crippen LogP contribution in [-0.4, -0.2) is 72.0 Å². The molecule has 0 unspecified atom stereocenters. The van der Waals surface area contributed by atoms with E-state index in [1.54, 1.807) is 4.90 Å². The Hall–Kier alpha value is -2.63. The highest BCUT2D eigenvalue weighted by molar-refractivity contribution is 7.99. The van der Waals surface area contributed by atoms with Gasteiger partial charge in [0.2, 0.25) is 15.9 Å². The second-order valence-corrected chi connectivity index (χ2v) is 10.1. The van der Waals surface area contributed by atoms with Gasteiger partial charge in [-0.1, -0.05) is 17.8 Å². The van der Waals surface area contributed by atoms with Crippen molar-refractivity contribution in [3.05, 3.63) is 48.3 Å². The predicted octanol–water partition coefficient (Wildman–Crippen LogP) is 2.73. The standard InChI is InChI=1S/C21H23FN4O4S2/c1-2-30-16-6-7-18-19(13-16)24-21(23-18)31-14-20(27)25-8-10-26(11-9-25)32(28,29)17-5-3-4-15(22)12-17/h3-7,12-13H,2,8-11,14H2,1H3,(H,23,24). The van der Waals surface area contributed by atoms with Crippen molar-refractivity contribution in [3.8, 4) is 5.75 Å². The summed E-state index contributed by atoms with van der Waals surface area (Å²) < 4.78 is 45.6. The summed E-state index contributed by atoms with van der Waals surface area (Å²) in [7, 11) is -3.79. The Morgan fingerprint density at radius 1 is 1.19 bits per heavy atom. The second-order valence-electron chi connectivity index (χ2n) is 7.18. The number of halogens is 1. The third kappa shape index (κ3) is 4.89. The average Bonchev–Trinajstić information content (AvgIpc) is 3.20. The highest BCUT2D eigenvalue weighted by Gasteiger charge is 2.30. The van der Waals surface area contributed by atoms with Crippen molar-refractivity contribution < 1.29 is 22.3 Å². The largest absolute Gasteiger partial charge is 0.494 e. The first-order valence-electron chi connectivity index (χ1n) is 10.2. The minimum atomic E-state index is -3.79. The smallest absolute Gasteiger partial charge is 0.243 e. The number of piperazine rings is 1. The molecule has 2 heterocycles. The summed E-state index contributed by atoms with van der Waals surface area (Å²) >= 11 is 1.30. The number of benzene rings is 2. The van der Waals surface area contributed by atoms with Crippen LogP contribution in [0.5, 0.6) is 5.75 Å². The molecule has 1 aromatic heterocycles. The number of nitrogens with zero attached hydrogens (tertiary/aromatic N) is 3. The van der Waals surface area contributed by atoms with Crippen molar-refractivity contribution in [1.29, 1.82) is 0 Å². The van der Waals surface area contributed by atoms with Gasteiger partial charge >= 0.3 is 0 Å². The van der Waals surface area contributed by atoms with Crippen LogP contribution in [0.15, 0.2) is 52.5 Å². The lowest BCUT2D eigenvalue weighted by Crippen LogP contribution is -2.50. The molecule has 1 aliphatic heterocycles. The van der Waals surface area contributed by atoms with Gasteiger partial charge in [0.15, 0.2) is 5.16 Å². The number of hydrogen-bond donors (Lipinski definition) is 1. The zero-order chi connectivity index (χ0) is 22.7. The molecule has 1 N–H and O–H groups in total. The monoisotopic (exact) mass is 478 g/mol. The molecule has 4 rings (SSSR count). The van der Waals surface area contributed by atoms with Gasteiger partial charge in [0.05, 0.1) is 28.3 Å². The van der Waals surface area contributed by atoms with Gasteiger partial charge in [0.25, 0.3) is 0 Å². The Morgan fingerprint density at radius 3 is 2.69 bits per heavy atom. The lowest BCUT2D eigenvalue weighted by molar-refractivity contribution is -0.129. The molecule has 1 saturated heterocycles. The zero-order valence-electron chi connectivity index (χ0n) is 17.5. The van der Waals surface area contributed by atoms with Crippen LogP contribution >= 0.6 is 11.8 Å². The maximum atomic E-state index is 13.4. The number of fused-ring (bicyclic) bond motifs is 1. The molecule has 1 fully saturated rings. The number of aromatic amines is 1. The molecule has 11 heteroatoms. The number of aromatic nitrogens is 2. The third-order valence-corrected chi connectivity index (χ3v) is 7.85. The zero-order valence-corrected chi connectivity index (χ0v) is 19.1. The molecule has 8 nitrogen and oxygen atoms in total. The first-order valence-corrected chi connectivity index (χ1v) is 12.6.